The fraction of sp³-hybridized carbons (Fsp3) is 0.562. The maximum Gasteiger partial charge on any atom is 0.328 e. The molecule has 3 rings (SSSR count). The van der Waals surface area contributed by atoms with Crippen molar-refractivity contribution in [3.63, 3.8) is 0 Å². The summed E-state index contributed by atoms with van der Waals surface area (Å²) >= 11 is 0. The summed E-state index contributed by atoms with van der Waals surface area (Å²) in [4.78, 5) is 12.3. The summed E-state index contributed by atoms with van der Waals surface area (Å²) in [6.45, 7) is 3.30. The van der Waals surface area contributed by atoms with Gasteiger partial charge in [-0.2, -0.15) is 4.31 Å². The predicted octanol–water partition coefficient (Wildman–Crippen LogP) is 1.69. The SMILES string of the molecule is CC1CCCN(S(=O)(=O)c2ccc3c(c2)n(C)c(=O)n3C)CC1. The normalized spacial score (nSPS) is 20.7. The van der Waals surface area contributed by atoms with Crippen LogP contribution in [0, 0.1) is 5.92 Å². The lowest BCUT2D eigenvalue weighted by Crippen LogP contribution is -2.32. The fourth-order valence-corrected chi connectivity index (χ4v) is 4.79. The number of hydrogen-bond acceptors (Lipinski definition) is 3. The van der Waals surface area contributed by atoms with E-state index in [1.54, 1.807) is 36.6 Å². The van der Waals surface area contributed by atoms with Crippen molar-refractivity contribution in [3.05, 3.63) is 28.7 Å². The maximum absolute atomic E-state index is 12.9. The van der Waals surface area contributed by atoms with Gasteiger partial charge in [0.15, 0.2) is 0 Å². The van der Waals surface area contributed by atoms with Crippen molar-refractivity contribution in [3.8, 4) is 0 Å². The number of nitrogens with zero attached hydrogens (tertiary/aromatic N) is 3. The van der Waals surface area contributed by atoms with Crippen molar-refractivity contribution in [1.29, 1.82) is 0 Å². The molecule has 23 heavy (non-hydrogen) atoms. The third-order valence-corrected chi connectivity index (χ3v) is 6.75. The second-order valence-corrected chi connectivity index (χ2v) is 8.43. The molecule has 0 spiro atoms. The average Bonchev–Trinajstić information content (AvgIpc) is 2.71. The van der Waals surface area contributed by atoms with Crippen molar-refractivity contribution in [2.24, 2.45) is 20.0 Å². The minimum Gasteiger partial charge on any atom is -0.295 e. The number of sulfonamides is 1. The quantitative estimate of drug-likeness (QED) is 0.838. The van der Waals surface area contributed by atoms with E-state index in [2.05, 4.69) is 6.92 Å². The first-order valence-corrected chi connectivity index (χ1v) is 9.42. The molecule has 1 saturated heterocycles. The molecule has 0 aliphatic carbocycles. The highest BCUT2D eigenvalue weighted by Crippen LogP contribution is 2.25. The Hall–Kier alpha value is -1.60. The topological polar surface area (TPSA) is 64.3 Å². The zero-order chi connectivity index (χ0) is 16.8. The van der Waals surface area contributed by atoms with Gasteiger partial charge in [0.2, 0.25) is 10.0 Å². The molecule has 6 nitrogen and oxygen atoms in total. The standard InChI is InChI=1S/C16H23N3O3S/c1-12-5-4-9-19(10-8-12)23(21,22)13-6-7-14-15(11-13)18(3)16(20)17(14)2/h6-7,11-12H,4-5,8-10H2,1-3H3. The first kappa shape index (κ1) is 16.3. The molecular formula is C16H23N3O3S. The molecule has 1 atom stereocenters. The van der Waals surface area contributed by atoms with Crippen LogP contribution in [-0.4, -0.2) is 34.9 Å². The van der Waals surface area contributed by atoms with Crippen LogP contribution in [0.3, 0.4) is 0 Å². The van der Waals surface area contributed by atoms with Gasteiger partial charge in [0, 0.05) is 27.2 Å². The molecule has 7 heteroatoms. The third-order valence-electron chi connectivity index (χ3n) is 4.86. The highest BCUT2D eigenvalue weighted by atomic mass is 32.2. The zero-order valence-electron chi connectivity index (χ0n) is 13.8. The Labute approximate surface area is 136 Å². The molecule has 0 bridgehead atoms. The van der Waals surface area contributed by atoms with Crippen LogP contribution in [0.25, 0.3) is 11.0 Å². The van der Waals surface area contributed by atoms with Crippen molar-refractivity contribution in [2.75, 3.05) is 13.1 Å². The molecule has 0 amide bonds. The van der Waals surface area contributed by atoms with E-state index in [1.807, 2.05) is 0 Å². The number of aromatic nitrogens is 2. The minimum atomic E-state index is -3.51. The van der Waals surface area contributed by atoms with Crippen LogP contribution in [-0.2, 0) is 24.1 Å². The third kappa shape index (κ3) is 2.72. The van der Waals surface area contributed by atoms with Crippen LogP contribution in [0.1, 0.15) is 26.2 Å². The van der Waals surface area contributed by atoms with Crippen LogP contribution >= 0.6 is 0 Å². The smallest absolute Gasteiger partial charge is 0.295 e. The first-order chi connectivity index (χ1) is 10.8. The van der Waals surface area contributed by atoms with E-state index < -0.39 is 10.0 Å². The van der Waals surface area contributed by atoms with Gasteiger partial charge in [-0.1, -0.05) is 6.92 Å². The van der Waals surface area contributed by atoms with Crippen molar-refractivity contribution >= 4 is 21.1 Å². The average molecular weight is 337 g/mol. The molecule has 0 N–H and O–H groups in total. The molecule has 1 aliphatic heterocycles. The van der Waals surface area contributed by atoms with Crippen LogP contribution in [0.2, 0.25) is 0 Å². The molecule has 0 radical (unpaired) electrons. The van der Waals surface area contributed by atoms with E-state index >= 15 is 0 Å². The van der Waals surface area contributed by atoms with Gasteiger partial charge in [0.25, 0.3) is 0 Å². The van der Waals surface area contributed by atoms with Crippen molar-refractivity contribution in [1.82, 2.24) is 13.4 Å². The molecule has 1 aromatic carbocycles. The minimum absolute atomic E-state index is 0.154. The Morgan fingerprint density at radius 1 is 1.04 bits per heavy atom. The molecule has 0 saturated carbocycles. The van der Waals surface area contributed by atoms with E-state index in [9.17, 15) is 13.2 Å². The van der Waals surface area contributed by atoms with E-state index in [-0.39, 0.29) is 10.6 Å². The van der Waals surface area contributed by atoms with Gasteiger partial charge >= 0.3 is 5.69 Å². The molecule has 1 aromatic heterocycles. The van der Waals surface area contributed by atoms with Gasteiger partial charge in [-0.05, 0) is 43.4 Å². The predicted molar refractivity (Wildman–Crippen MR) is 89.9 cm³/mol. The van der Waals surface area contributed by atoms with Gasteiger partial charge in [-0.3, -0.25) is 9.13 Å². The summed E-state index contributed by atoms with van der Waals surface area (Å²) in [5, 5.41) is 0. The summed E-state index contributed by atoms with van der Waals surface area (Å²) in [7, 11) is -0.161. The Morgan fingerprint density at radius 2 is 1.74 bits per heavy atom. The van der Waals surface area contributed by atoms with Crippen LogP contribution in [0.15, 0.2) is 27.9 Å². The summed E-state index contributed by atoms with van der Waals surface area (Å²) in [5.74, 6) is 0.563. The van der Waals surface area contributed by atoms with E-state index in [1.165, 1.54) is 9.13 Å². The van der Waals surface area contributed by atoms with E-state index in [0.29, 0.717) is 24.5 Å². The number of hydrogen-bond donors (Lipinski definition) is 0. The summed E-state index contributed by atoms with van der Waals surface area (Å²) in [6, 6.07) is 4.93. The number of benzene rings is 1. The Morgan fingerprint density at radius 3 is 2.48 bits per heavy atom. The highest BCUT2D eigenvalue weighted by Gasteiger charge is 2.27. The number of fused-ring (bicyclic) bond motifs is 1. The van der Waals surface area contributed by atoms with E-state index in [0.717, 1.165) is 24.8 Å². The second-order valence-electron chi connectivity index (χ2n) is 6.49. The van der Waals surface area contributed by atoms with Crippen LogP contribution in [0.4, 0.5) is 0 Å². The first-order valence-electron chi connectivity index (χ1n) is 7.98. The molecular weight excluding hydrogens is 314 g/mol. The van der Waals surface area contributed by atoms with Gasteiger partial charge in [-0.15, -0.1) is 0 Å². The Bertz CT molecular complexity index is 895. The molecule has 1 aliphatic rings. The Balaban J connectivity index is 2.04. The molecule has 2 aromatic rings. The monoisotopic (exact) mass is 337 g/mol. The maximum atomic E-state index is 12.9. The van der Waals surface area contributed by atoms with Gasteiger partial charge < -0.3 is 0 Å². The summed E-state index contributed by atoms with van der Waals surface area (Å²) in [5.41, 5.74) is 1.22. The highest BCUT2D eigenvalue weighted by molar-refractivity contribution is 7.89. The largest absolute Gasteiger partial charge is 0.328 e. The summed E-state index contributed by atoms with van der Waals surface area (Å²) < 4.78 is 30.4. The molecule has 2 heterocycles. The Kier molecular flexibility index (Phi) is 4.10. The number of imidazole rings is 1. The van der Waals surface area contributed by atoms with Gasteiger partial charge in [0.1, 0.15) is 0 Å². The van der Waals surface area contributed by atoms with E-state index in [4.69, 9.17) is 0 Å². The van der Waals surface area contributed by atoms with Crippen molar-refractivity contribution < 1.29 is 8.42 Å². The molecule has 1 fully saturated rings. The number of aryl methyl sites for hydroxylation is 2. The van der Waals surface area contributed by atoms with Crippen LogP contribution < -0.4 is 5.69 Å². The van der Waals surface area contributed by atoms with Crippen LogP contribution in [0.5, 0.6) is 0 Å². The lowest BCUT2D eigenvalue weighted by molar-refractivity contribution is 0.417. The second kappa shape index (κ2) is 5.79. The summed E-state index contributed by atoms with van der Waals surface area (Å²) in [6.07, 6.45) is 2.86. The van der Waals surface area contributed by atoms with Crippen molar-refractivity contribution in [2.45, 2.75) is 31.1 Å². The number of rotatable bonds is 2. The molecule has 126 valence electrons. The van der Waals surface area contributed by atoms with Gasteiger partial charge in [0.05, 0.1) is 15.9 Å². The fourth-order valence-electron chi connectivity index (χ4n) is 3.27. The lowest BCUT2D eigenvalue weighted by Gasteiger charge is -2.20. The van der Waals surface area contributed by atoms with Gasteiger partial charge in [-0.25, -0.2) is 13.2 Å². The zero-order valence-corrected chi connectivity index (χ0v) is 14.6. The lowest BCUT2D eigenvalue weighted by atomic mass is 10.0. The molecule has 1 unspecified atom stereocenters.